The number of aliphatic hydroxyl groups excluding tert-OH is 1. The molecule has 1 aromatic carbocycles. The maximum absolute atomic E-state index is 12.0. The molecule has 0 aliphatic rings. The number of rotatable bonds is 3. The molecule has 0 unspecified atom stereocenters. The molecule has 1 aromatic rings. The van der Waals surface area contributed by atoms with E-state index in [1.165, 1.54) is 16.9 Å². The van der Waals surface area contributed by atoms with Crippen LogP contribution in [0, 0.1) is 11.8 Å². The number of aliphatic hydroxyl groups is 1. The summed E-state index contributed by atoms with van der Waals surface area (Å²) in [4.78, 5) is -0.318. The summed E-state index contributed by atoms with van der Waals surface area (Å²) in [5, 5.41) is 8.50. The first-order valence-corrected chi connectivity index (χ1v) is 6.49. The highest BCUT2D eigenvalue weighted by atomic mass is 32.2. The van der Waals surface area contributed by atoms with E-state index in [1.807, 2.05) is 0 Å². The van der Waals surface area contributed by atoms with Crippen LogP contribution in [0.3, 0.4) is 0 Å². The fourth-order valence-electron chi connectivity index (χ4n) is 1.14. The molecule has 1 rings (SSSR count). The topological polar surface area (TPSA) is 66.4 Å². The lowest BCUT2D eigenvalue weighted by Crippen LogP contribution is -2.33. The Bertz CT molecular complexity index is 600. The molecule has 0 heterocycles. The molecule has 19 heavy (non-hydrogen) atoms. The quantitative estimate of drug-likeness (QED) is 0.813. The monoisotopic (exact) mass is 293 g/mol. The Balaban J connectivity index is 2.96. The van der Waals surface area contributed by atoms with E-state index < -0.39 is 29.4 Å². The van der Waals surface area contributed by atoms with E-state index >= 15 is 0 Å². The number of benzene rings is 1. The predicted molar refractivity (Wildman–Crippen MR) is 61.6 cm³/mol. The first-order valence-electron chi connectivity index (χ1n) is 5.01. The van der Waals surface area contributed by atoms with Crippen molar-refractivity contribution in [2.24, 2.45) is 0 Å². The van der Waals surface area contributed by atoms with Gasteiger partial charge in [-0.1, -0.05) is 17.9 Å². The fraction of sp³-hybridized carbons (Fsp3) is 0.273. The van der Waals surface area contributed by atoms with Crippen molar-refractivity contribution in [3.05, 3.63) is 29.8 Å². The number of nitrogens with one attached hydrogen (secondary N) is 1. The molecule has 0 aromatic heterocycles. The lowest BCUT2D eigenvalue weighted by molar-refractivity contribution is -0.121. The third-order valence-electron chi connectivity index (χ3n) is 1.92. The standard InChI is InChI=1S/C11H10F3NO3S/c12-11(13,14)8-15-19(17,18)10-5-1-3-9(7-10)4-2-6-16/h1,3,5,7,15-16H,6,8H2. The van der Waals surface area contributed by atoms with Crippen molar-refractivity contribution in [1.82, 2.24) is 4.72 Å². The molecule has 0 radical (unpaired) electrons. The van der Waals surface area contributed by atoms with Crippen LogP contribution in [0.2, 0.25) is 0 Å². The highest BCUT2D eigenvalue weighted by Gasteiger charge is 2.30. The van der Waals surface area contributed by atoms with Crippen LogP contribution >= 0.6 is 0 Å². The van der Waals surface area contributed by atoms with Crippen LogP contribution in [-0.4, -0.2) is 32.9 Å². The lowest BCUT2D eigenvalue weighted by atomic mass is 10.2. The van der Waals surface area contributed by atoms with Gasteiger partial charge in [-0.25, -0.2) is 13.1 Å². The Morgan fingerprint density at radius 1 is 1.32 bits per heavy atom. The number of alkyl halides is 3. The summed E-state index contributed by atoms with van der Waals surface area (Å²) in [6.07, 6.45) is -4.62. The molecule has 0 spiro atoms. The maximum atomic E-state index is 12.0. The second-order valence-corrected chi connectivity index (χ2v) is 5.19. The van der Waals surface area contributed by atoms with E-state index in [0.29, 0.717) is 0 Å². The van der Waals surface area contributed by atoms with Crippen LogP contribution in [0.4, 0.5) is 13.2 Å². The minimum atomic E-state index is -4.62. The van der Waals surface area contributed by atoms with Gasteiger partial charge in [-0.05, 0) is 18.2 Å². The molecule has 0 atom stereocenters. The second-order valence-electron chi connectivity index (χ2n) is 3.43. The average Bonchev–Trinajstić information content (AvgIpc) is 2.34. The van der Waals surface area contributed by atoms with Crippen molar-refractivity contribution < 1.29 is 26.7 Å². The number of hydrogen-bond acceptors (Lipinski definition) is 3. The number of halogens is 3. The second kappa shape index (κ2) is 6.06. The lowest BCUT2D eigenvalue weighted by Gasteiger charge is -2.09. The number of sulfonamides is 1. The molecule has 0 saturated carbocycles. The largest absolute Gasteiger partial charge is 0.402 e. The highest BCUT2D eigenvalue weighted by Crippen LogP contribution is 2.15. The minimum absolute atomic E-state index is 0.281. The highest BCUT2D eigenvalue weighted by molar-refractivity contribution is 7.89. The molecule has 2 N–H and O–H groups in total. The van der Waals surface area contributed by atoms with Crippen molar-refractivity contribution in [1.29, 1.82) is 0 Å². The van der Waals surface area contributed by atoms with Gasteiger partial charge in [0, 0.05) is 5.56 Å². The van der Waals surface area contributed by atoms with Gasteiger partial charge in [0.25, 0.3) is 0 Å². The summed E-state index contributed by atoms with van der Waals surface area (Å²) in [6.45, 7) is -2.04. The van der Waals surface area contributed by atoms with Gasteiger partial charge < -0.3 is 5.11 Å². The Hall–Kier alpha value is -1.56. The summed E-state index contributed by atoms with van der Waals surface area (Å²) < 4.78 is 60.6. The van der Waals surface area contributed by atoms with Crippen molar-refractivity contribution in [3.63, 3.8) is 0 Å². The van der Waals surface area contributed by atoms with Gasteiger partial charge in [0.2, 0.25) is 10.0 Å². The van der Waals surface area contributed by atoms with Gasteiger partial charge >= 0.3 is 6.18 Å². The molecule has 0 bridgehead atoms. The van der Waals surface area contributed by atoms with Crippen molar-refractivity contribution in [3.8, 4) is 11.8 Å². The zero-order valence-corrected chi connectivity index (χ0v) is 10.3. The van der Waals surface area contributed by atoms with Gasteiger partial charge in [0.15, 0.2) is 0 Å². The van der Waals surface area contributed by atoms with Crippen LogP contribution in [0.5, 0.6) is 0 Å². The molecule has 104 valence electrons. The molecule has 0 fully saturated rings. The van der Waals surface area contributed by atoms with Gasteiger partial charge in [0.1, 0.15) is 13.2 Å². The van der Waals surface area contributed by atoms with E-state index in [2.05, 4.69) is 11.8 Å². The van der Waals surface area contributed by atoms with Crippen LogP contribution in [-0.2, 0) is 10.0 Å². The summed E-state index contributed by atoms with van der Waals surface area (Å²) in [5.74, 6) is 4.77. The van der Waals surface area contributed by atoms with Gasteiger partial charge in [-0.3, -0.25) is 0 Å². The molecule has 0 amide bonds. The van der Waals surface area contributed by atoms with E-state index in [9.17, 15) is 21.6 Å². The Morgan fingerprint density at radius 2 is 2.00 bits per heavy atom. The average molecular weight is 293 g/mol. The van der Waals surface area contributed by atoms with Crippen LogP contribution < -0.4 is 4.72 Å². The smallest absolute Gasteiger partial charge is 0.384 e. The van der Waals surface area contributed by atoms with Gasteiger partial charge in [-0.2, -0.15) is 13.2 Å². The maximum Gasteiger partial charge on any atom is 0.402 e. The summed E-state index contributed by atoms with van der Waals surface area (Å²) in [6, 6.07) is 5.11. The SMILES string of the molecule is O=S(=O)(NCC(F)(F)F)c1cccc(C#CCO)c1. The molecular weight excluding hydrogens is 283 g/mol. The zero-order valence-electron chi connectivity index (χ0n) is 9.53. The van der Waals surface area contributed by atoms with Crippen molar-refractivity contribution in [2.45, 2.75) is 11.1 Å². The summed E-state index contributed by atoms with van der Waals surface area (Å²) >= 11 is 0. The number of hydrogen-bond donors (Lipinski definition) is 2. The molecular formula is C11H10F3NO3S. The normalized spacial score (nSPS) is 11.8. The Labute approximate surface area is 108 Å². The summed E-state index contributed by atoms with van der Waals surface area (Å²) in [7, 11) is -4.24. The minimum Gasteiger partial charge on any atom is -0.384 e. The van der Waals surface area contributed by atoms with Gasteiger partial charge in [0.05, 0.1) is 4.90 Å². The van der Waals surface area contributed by atoms with Crippen LogP contribution in [0.1, 0.15) is 5.56 Å². The predicted octanol–water partition coefficient (Wildman–Crippen LogP) is 0.871. The van der Waals surface area contributed by atoms with Crippen LogP contribution in [0.15, 0.2) is 29.2 Å². The van der Waals surface area contributed by atoms with E-state index in [-0.39, 0.29) is 10.5 Å². The van der Waals surface area contributed by atoms with Crippen molar-refractivity contribution >= 4 is 10.0 Å². The van der Waals surface area contributed by atoms with E-state index in [4.69, 9.17) is 5.11 Å². The Kier molecular flexibility index (Phi) is 4.94. The zero-order chi connectivity index (χ0) is 14.5. The molecule has 0 saturated heterocycles. The first-order chi connectivity index (χ1) is 8.74. The van der Waals surface area contributed by atoms with E-state index in [1.54, 1.807) is 0 Å². The summed E-state index contributed by atoms with van der Waals surface area (Å²) in [5.41, 5.74) is 0.281. The fourth-order valence-corrected chi connectivity index (χ4v) is 2.20. The third-order valence-corrected chi connectivity index (χ3v) is 3.32. The Morgan fingerprint density at radius 3 is 2.58 bits per heavy atom. The molecule has 8 heteroatoms. The molecule has 0 aliphatic carbocycles. The molecule has 0 aliphatic heterocycles. The van der Waals surface area contributed by atoms with E-state index in [0.717, 1.165) is 12.1 Å². The first kappa shape index (κ1) is 15.5. The van der Waals surface area contributed by atoms with Crippen molar-refractivity contribution in [2.75, 3.05) is 13.2 Å². The van der Waals surface area contributed by atoms with Crippen LogP contribution in [0.25, 0.3) is 0 Å². The van der Waals surface area contributed by atoms with Gasteiger partial charge in [-0.15, -0.1) is 0 Å². The third kappa shape index (κ3) is 5.30. The molecule has 4 nitrogen and oxygen atoms in total.